The van der Waals surface area contributed by atoms with E-state index < -0.39 is 6.10 Å². The SMILES string of the molecule is CN(C)C(=O)C1CN(CC(=O)NC2CCCCC2)CCO1. The fourth-order valence-corrected chi connectivity index (χ4v) is 3.01. The number of nitrogens with zero attached hydrogens (tertiary/aromatic N) is 2. The lowest BCUT2D eigenvalue weighted by Crippen LogP contribution is -2.52. The van der Waals surface area contributed by atoms with Crippen molar-refractivity contribution < 1.29 is 14.3 Å². The summed E-state index contributed by atoms with van der Waals surface area (Å²) in [6.07, 6.45) is 5.44. The van der Waals surface area contributed by atoms with Crippen molar-refractivity contribution in [1.29, 1.82) is 0 Å². The van der Waals surface area contributed by atoms with Gasteiger partial charge in [0.05, 0.1) is 13.2 Å². The van der Waals surface area contributed by atoms with Crippen LogP contribution in [0.2, 0.25) is 0 Å². The fraction of sp³-hybridized carbons (Fsp3) is 0.867. The van der Waals surface area contributed by atoms with Gasteiger partial charge in [0.1, 0.15) is 6.10 Å². The minimum atomic E-state index is -0.448. The van der Waals surface area contributed by atoms with E-state index in [1.807, 2.05) is 4.90 Å². The van der Waals surface area contributed by atoms with Crippen LogP contribution in [0, 0.1) is 0 Å². The van der Waals surface area contributed by atoms with Crippen molar-refractivity contribution in [2.24, 2.45) is 0 Å². The number of likely N-dealkylation sites (N-methyl/N-ethyl adjacent to an activating group) is 1. The molecule has 0 aromatic rings. The van der Waals surface area contributed by atoms with Crippen LogP contribution in [-0.2, 0) is 14.3 Å². The molecule has 6 nitrogen and oxygen atoms in total. The summed E-state index contributed by atoms with van der Waals surface area (Å²) in [6, 6.07) is 0.339. The van der Waals surface area contributed by atoms with E-state index >= 15 is 0 Å². The summed E-state index contributed by atoms with van der Waals surface area (Å²) >= 11 is 0. The van der Waals surface area contributed by atoms with Crippen LogP contribution in [0.25, 0.3) is 0 Å². The highest BCUT2D eigenvalue weighted by Gasteiger charge is 2.29. The largest absolute Gasteiger partial charge is 0.366 e. The molecule has 120 valence electrons. The summed E-state index contributed by atoms with van der Waals surface area (Å²) in [5.41, 5.74) is 0. The lowest BCUT2D eigenvalue weighted by molar-refractivity contribution is -0.148. The first-order valence-corrected chi connectivity index (χ1v) is 7.90. The van der Waals surface area contributed by atoms with E-state index in [1.165, 1.54) is 24.2 Å². The van der Waals surface area contributed by atoms with E-state index in [0.29, 0.717) is 32.3 Å². The maximum Gasteiger partial charge on any atom is 0.252 e. The molecule has 6 heteroatoms. The molecule has 0 aromatic carbocycles. The van der Waals surface area contributed by atoms with Crippen molar-refractivity contribution in [3.63, 3.8) is 0 Å². The zero-order chi connectivity index (χ0) is 15.2. The average molecular weight is 297 g/mol. The summed E-state index contributed by atoms with van der Waals surface area (Å²) in [5, 5.41) is 3.12. The molecule has 0 spiro atoms. The van der Waals surface area contributed by atoms with Gasteiger partial charge in [-0.2, -0.15) is 0 Å². The highest BCUT2D eigenvalue weighted by Crippen LogP contribution is 2.17. The molecule has 0 radical (unpaired) electrons. The Balaban J connectivity index is 1.76. The third-order valence-electron chi connectivity index (χ3n) is 4.20. The molecule has 1 N–H and O–H groups in total. The quantitative estimate of drug-likeness (QED) is 0.806. The third kappa shape index (κ3) is 4.97. The summed E-state index contributed by atoms with van der Waals surface area (Å²) in [5.74, 6) is 0.0345. The summed E-state index contributed by atoms with van der Waals surface area (Å²) in [7, 11) is 3.45. The second-order valence-corrected chi connectivity index (χ2v) is 6.23. The van der Waals surface area contributed by atoms with E-state index in [2.05, 4.69) is 5.32 Å². The molecule has 1 aliphatic carbocycles. The van der Waals surface area contributed by atoms with E-state index in [9.17, 15) is 9.59 Å². The Labute approximate surface area is 126 Å². The molecule has 0 aromatic heterocycles. The van der Waals surface area contributed by atoms with Crippen molar-refractivity contribution in [3.8, 4) is 0 Å². The smallest absolute Gasteiger partial charge is 0.252 e. The van der Waals surface area contributed by atoms with Gasteiger partial charge in [0.25, 0.3) is 5.91 Å². The minimum absolute atomic E-state index is 0.0348. The Kier molecular flexibility index (Phi) is 5.99. The molecule has 1 saturated heterocycles. The van der Waals surface area contributed by atoms with Gasteiger partial charge in [-0.1, -0.05) is 19.3 Å². The minimum Gasteiger partial charge on any atom is -0.366 e. The monoisotopic (exact) mass is 297 g/mol. The van der Waals surface area contributed by atoms with Gasteiger partial charge >= 0.3 is 0 Å². The summed E-state index contributed by atoms with van der Waals surface area (Å²) in [6.45, 7) is 2.06. The van der Waals surface area contributed by atoms with Crippen molar-refractivity contribution >= 4 is 11.8 Å². The first kappa shape index (κ1) is 16.2. The zero-order valence-corrected chi connectivity index (χ0v) is 13.1. The van der Waals surface area contributed by atoms with Gasteiger partial charge in [0, 0.05) is 33.2 Å². The molecular formula is C15H27N3O3. The Morgan fingerprint density at radius 2 is 1.95 bits per heavy atom. The van der Waals surface area contributed by atoms with Gasteiger partial charge in [0.2, 0.25) is 5.91 Å². The normalized spacial score (nSPS) is 24.6. The van der Waals surface area contributed by atoms with Crippen LogP contribution in [0.3, 0.4) is 0 Å². The molecule has 1 saturated carbocycles. The Morgan fingerprint density at radius 3 is 2.62 bits per heavy atom. The lowest BCUT2D eigenvalue weighted by Gasteiger charge is -2.33. The van der Waals surface area contributed by atoms with Crippen LogP contribution in [0.15, 0.2) is 0 Å². The van der Waals surface area contributed by atoms with Gasteiger partial charge in [-0.25, -0.2) is 0 Å². The number of amides is 2. The highest BCUT2D eigenvalue weighted by molar-refractivity contribution is 5.81. The molecule has 21 heavy (non-hydrogen) atoms. The molecule has 2 amide bonds. The average Bonchev–Trinajstić information content (AvgIpc) is 2.47. The predicted octanol–water partition coefficient (Wildman–Crippen LogP) is 0.224. The predicted molar refractivity (Wildman–Crippen MR) is 79.9 cm³/mol. The highest BCUT2D eigenvalue weighted by atomic mass is 16.5. The van der Waals surface area contributed by atoms with Crippen LogP contribution in [0.4, 0.5) is 0 Å². The summed E-state index contributed by atoms with van der Waals surface area (Å²) in [4.78, 5) is 27.6. The number of hydrogen-bond acceptors (Lipinski definition) is 4. The molecule has 1 aliphatic heterocycles. The van der Waals surface area contributed by atoms with Crippen molar-refractivity contribution in [2.75, 3.05) is 40.3 Å². The second-order valence-electron chi connectivity index (χ2n) is 6.23. The van der Waals surface area contributed by atoms with Gasteiger partial charge in [-0.05, 0) is 12.8 Å². The van der Waals surface area contributed by atoms with E-state index in [-0.39, 0.29) is 11.8 Å². The van der Waals surface area contributed by atoms with Crippen LogP contribution >= 0.6 is 0 Å². The zero-order valence-electron chi connectivity index (χ0n) is 13.1. The van der Waals surface area contributed by atoms with Crippen LogP contribution < -0.4 is 5.32 Å². The second kappa shape index (κ2) is 7.75. The van der Waals surface area contributed by atoms with E-state index in [0.717, 1.165) is 12.8 Å². The number of carbonyl (C=O) groups is 2. The number of hydrogen-bond donors (Lipinski definition) is 1. The molecule has 2 fully saturated rings. The van der Waals surface area contributed by atoms with Gasteiger partial charge in [0.15, 0.2) is 0 Å². The summed E-state index contributed by atoms with van der Waals surface area (Å²) < 4.78 is 5.50. The third-order valence-corrected chi connectivity index (χ3v) is 4.20. The van der Waals surface area contributed by atoms with E-state index in [4.69, 9.17) is 4.74 Å². The van der Waals surface area contributed by atoms with Gasteiger partial charge in [-0.3, -0.25) is 14.5 Å². The Hall–Kier alpha value is -1.14. The first-order valence-electron chi connectivity index (χ1n) is 7.90. The van der Waals surface area contributed by atoms with Crippen molar-refractivity contribution in [3.05, 3.63) is 0 Å². The van der Waals surface area contributed by atoms with Gasteiger partial charge in [-0.15, -0.1) is 0 Å². The number of morpholine rings is 1. The number of carbonyl (C=O) groups excluding carboxylic acids is 2. The van der Waals surface area contributed by atoms with Crippen LogP contribution in [0.5, 0.6) is 0 Å². The van der Waals surface area contributed by atoms with E-state index in [1.54, 1.807) is 14.1 Å². The maximum atomic E-state index is 12.1. The van der Waals surface area contributed by atoms with Crippen LogP contribution in [-0.4, -0.2) is 74.1 Å². The molecule has 1 atom stereocenters. The molecule has 0 bridgehead atoms. The molecule has 2 aliphatic rings. The number of ether oxygens (including phenoxy) is 1. The maximum absolute atomic E-state index is 12.1. The first-order chi connectivity index (χ1) is 10.1. The fourth-order valence-electron chi connectivity index (χ4n) is 3.01. The van der Waals surface area contributed by atoms with Crippen LogP contribution in [0.1, 0.15) is 32.1 Å². The van der Waals surface area contributed by atoms with Crippen molar-refractivity contribution in [2.45, 2.75) is 44.2 Å². The van der Waals surface area contributed by atoms with Gasteiger partial charge < -0.3 is 15.0 Å². The molecule has 1 heterocycles. The molecule has 1 unspecified atom stereocenters. The molecule has 2 rings (SSSR count). The Bertz CT molecular complexity index is 367. The number of rotatable bonds is 4. The number of nitrogens with one attached hydrogen (secondary N) is 1. The lowest BCUT2D eigenvalue weighted by atomic mass is 9.95. The van der Waals surface area contributed by atoms with Crippen molar-refractivity contribution in [1.82, 2.24) is 15.1 Å². The molecular weight excluding hydrogens is 270 g/mol. The standard InChI is InChI=1S/C15H27N3O3/c1-17(2)15(20)13-10-18(8-9-21-13)11-14(19)16-12-6-4-3-5-7-12/h12-13H,3-11H2,1-2H3,(H,16,19). The Morgan fingerprint density at radius 1 is 1.24 bits per heavy atom. The topological polar surface area (TPSA) is 61.9 Å².